The molecule has 2 heterocycles. The molecule has 0 unspecified atom stereocenters. The van der Waals surface area contributed by atoms with Gasteiger partial charge in [-0.2, -0.15) is 0 Å². The first-order valence-electron chi connectivity index (χ1n) is 10.5. The Bertz CT molecular complexity index is 757. The number of ether oxygens (including phenoxy) is 2. The van der Waals surface area contributed by atoms with Crippen LogP contribution in [0, 0.1) is 11.8 Å². The van der Waals surface area contributed by atoms with Gasteiger partial charge in [0.05, 0.1) is 37.1 Å². The Balaban J connectivity index is 1.52. The molecule has 0 bridgehead atoms. The highest BCUT2D eigenvalue weighted by Crippen LogP contribution is 2.38. The van der Waals surface area contributed by atoms with Crippen molar-refractivity contribution in [3.8, 4) is 5.75 Å². The van der Waals surface area contributed by atoms with Crippen molar-refractivity contribution in [2.45, 2.75) is 70.2 Å². The molecule has 4 N–H and O–H groups in total. The second-order valence-corrected chi connectivity index (χ2v) is 8.69. The summed E-state index contributed by atoms with van der Waals surface area (Å²) in [6.07, 6.45) is -0.709. The van der Waals surface area contributed by atoms with E-state index in [0.29, 0.717) is 25.0 Å². The summed E-state index contributed by atoms with van der Waals surface area (Å²) in [5, 5.41) is 40.1. The SMILES string of the molecule is C/C(=C\C(=O)c1ccc(O)cc1)C[C@@H]1OC[C@H](C[C@@H]2O[C@H]2[C@@H](C)[C@H](C)O)[C@@H](O)[C@H]1O. The molecular formula is C23H32O7. The molecule has 2 aliphatic heterocycles. The van der Waals surface area contributed by atoms with Gasteiger partial charge in [-0.25, -0.2) is 0 Å². The van der Waals surface area contributed by atoms with E-state index in [4.69, 9.17) is 9.47 Å². The number of rotatable bonds is 8. The summed E-state index contributed by atoms with van der Waals surface area (Å²) in [5.74, 6) is -0.318. The van der Waals surface area contributed by atoms with Crippen LogP contribution in [-0.4, -0.2) is 69.4 Å². The van der Waals surface area contributed by atoms with Gasteiger partial charge in [0.15, 0.2) is 5.78 Å². The Morgan fingerprint density at radius 3 is 2.47 bits per heavy atom. The van der Waals surface area contributed by atoms with Crippen LogP contribution >= 0.6 is 0 Å². The Morgan fingerprint density at radius 1 is 1.17 bits per heavy atom. The van der Waals surface area contributed by atoms with Gasteiger partial charge >= 0.3 is 0 Å². The normalized spacial score (nSPS) is 33.7. The minimum absolute atomic E-state index is 0.0215. The molecule has 0 saturated carbocycles. The molecule has 2 saturated heterocycles. The number of phenols is 1. The lowest BCUT2D eigenvalue weighted by Crippen LogP contribution is -2.50. The highest BCUT2D eigenvalue weighted by molar-refractivity contribution is 6.04. The summed E-state index contributed by atoms with van der Waals surface area (Å²) < 4.78 is 11.5. The van der Waals surface area contributed by atoms with Crippen LogP contribution in [0.3, 0.4) is 0 Å². The number of aromatic hydroxyl groups is 1. The fourth-order valence-corrected chi connectivity index (χ4v) is 4.02. The molecular weight excluding hydrogens is 388 g/mol. The van der Waals surface area contributed by atoms with E-state index in [1.54, 1.807) is 26.0 Å². The number of epoxide rings is 1. The van der Waals surface area contributed by atoms with E-state index < -0.39 is 24.4 Å². The summed E-state index contributed by atoms with van der Waals surface area (Å²) in [6, 6.07) is 6.01. The first-order valence-corrected chi connectivity index (χ1v) is 10.5. The topological polar surface area (TPSA) is 120 Å². The summed E-state index contributed by atoms with van der Waals surface area (Å²) >= 11 is 0. The molecule has 1 aromatic carbocycles. The van der Waals surface area contributed by atoms with Crippen molar-refractivity contribution in [1.29, 1.82) is 0 Å². The monoisotopic (exact) mass is 420 g/mol. The molecule has 7 nitrogen and oxygen atoms in total. The Kier molecular flexibility index (Phi) is 7.31. The van der Waals surface area contributed by atoms with Crippen LogP contribution in [-0.2, 0) is 9.47 Å². The summed E-state index contributed by atoms with van der Waals surface area (Å²) in [6.45, 7) is 5.76. The van der Waals surface area contributed by atoms with Crippen LogP contribution in [0.2, 0.25) is 0 Å². The standard InChI is InChI=1S/C23H32O7/c1-12(8-18(26)15-4-6-17(25)7-5-15)9-19-22(28)21(27)16(11-29-19)10-20-23(30-20)13(2)14(3)24/h4-8,13-14,16,19-25,27-28H,9-11H2,1-3H3/b12-8+/t13-,14-,16-,19-,20-,21+,22-,23-/m0/s1. The third-order valence-electron chi connectivity index (χ3n) is 6.23. The van der Waals surface area contributed by atoms with Crippen molar-refractivity contribution in [3.63, 3.8) is 0 Å². The number of aliphatic hydroxyl groups is 3. The van der Waals surface area contributed by atoms with Gasteiger partial charge in [0.2, 0.25) is 0 Å². The van der Waals surface area contributed by atoms with Crippen LogP contribution in [0.25, 0.3) is 0 Å². The molecule has 0 spiro atoms. The van der Waals surface area contributed by atoms with Crippen molar-refractivity contribution >= 4 is 5.78 Å². The fourth-order valence-electron chi connectivity index (χ4n) is 4.02. The zero-order valence-corrected chi connectivity index (χ0v) is 17.6. The van der Waals surface area contributed by atoms with Crippen molar-refractivity contribution in [2.75, 3.05) is 6.61 Å². The van der Waals surface area contributed by atoms with Crippen LogP contribution < -0.4 is 0 Å². The molecule has 166 valence electrons. The van der Waals surface area contributed by atoms with E-state index in [9.17, 15) is 25.2 Å². The molecule has 7 heteroatoms. The van der Waals surface area contributed by atoms with Crippen LogP contribution in [0.1, 0.15) is 44.0 Å². The molecule has 1 aromatic rings. The molecule has 30 heavy (non-hydrogen) atoms. The molecule has 2 aliphatic rings. The molecule has 2 fully saturated rings. The predicted octanol–water partition coefficient (Wildman–Crippen LogP) is 1.82. The quantitative estimate of drug-likeness (QED) is 0.288. The third kappa shape index (κ3) is 5.47. The number of phenolic OH excluding ortho intramolecular Hbond substituents is 1. The van der Waals surface area contributed by atoms with Gasteiger partial charge in [-0.05, 0) is 57.0 Å². The Labute approximate surface area is 176 Å². The Hall–Kier alpha value is -1.77. The van der Waals surface area contributed by atoms with Gasteiger partial charge in [-0.3, -0.25) is 4.79 Å². The largest absolute Gasteiger partial charge is 0.508 e. The summed E-state index contributed by atoms with van der Waals surface area (Å²) in [4.78, 5) is 12.3. The van der Waals surface area contributed by atoms with Crippen molar-refractivity contribution in [2.24, 2.45) is 11.8 Å². The lowest BCUT2D eigenvalue weighted by atomic mass is 9.85. The summed E-state index contributed by atoms with van der Waals surface area (Å²) in [5.41, 5.74) is 1.20. The average Bonchev–Trinajstić information content (AvgIpc) is 3.46. The summed E-state index contributed by atoms with van der Waals surface area (Å²) in [7, 11) is 0. The number of ketones is 1. The van der Waals surface area contributed by atoms with Crippen LogP contribution in [0.15, 0.2) is 35.9 Å². The number of carbonyl (C=O) groups excluding carboxylic acids is 1. The number of benzene rings is 1. The lowest BCUT2D eigenvalue weighted by Gasteiger charge is -2.38. The highest BCUT2D eigenvalue weighted by atomic mass is 16.6. The first kappa shape index (κ1) is 22.9. The van der Waals surface area contributed by atoms with Gasteiger partial charge in [0, 0.05) is 17.4 Å². The maximum atomic E-state index is 12.3. The molecule has 0 amide bonds. The van der Waals surface area contributed by atoms with Crippen LogP contribution in [0.5, 0.6) is 5.75 Å². The van der Waals surface area contributed by atoms with Gasteiger partial charge < -0.3 is 29.9 Å². The van der Waals surface area contributed by atoms with E-state index in [-0.39, 0.29) is 35.6 Å². The lowest BCUT2D eigenvalue weighted by molar-refractivity contribution is -0.165. The van der Waals surface area contributed by atoms with E-state index in [0.717, 1.165) is 5.57 Å². The fraction of sp³-hybridized carbons (Fsp3) is 0.609. The van der Waals surface area contributed by atoms with Crippen molar-refractivity contribution < 1.29 is 34.7 Å². The average molecular weight is 421 g/mol. The van der Waals surface area contributed by atoms with Crippen molar-refractivity contribution in [1.82, 2.24) is 0 Å². The van der Waals surface area contributed by atoms with Gasteiger partial charge in [0.1, 0.15) is 11.9 Å². The zero-order valence-electron chi connectivity index (χ0n) is 17.6. The maximum absolute atomic E-state index is 12.3. The van der Waals surface area contributed by atoms with Crippen LogP contribution in [0.4, 0.5) is 0 Å². The second kappa shape index (κ2) is 9.58. The van der Waals surface area contributed by atoms with E-state index in [1.807, 2.05) is 6.92 Å². The second-order valence-electron chi connectivity index (χ2n) is 8.69. The number of hydrogen-bond acceptors (Lipinski definition) is 7. The predicted molar refractivity (Wildman–Crippen MR) is 110 cm³/mol. The minimum atomic E-state index is -1.05. The first-order chi connectivity index (χ1) is 14.2. The highest BCUT2D eigenvalue weighted by Gasteiger charge is 2.48. The van der Waals surface area contributed by atoms with E-state index in [1.165, 1.54) is 18.2 Å². The number of allylic oxidation sites excluding steroid dienone is 1. The van der Waals surface area contributed by atoms with E-state index >= 15 is 0 Å². The zero-order chi connectivity index (χ0) is 22.0. The number of carbonyl (C=O) groups is 1. The van der Waals surface area contributed by atoms with E-state index in [2.05, 4.69) is 0 Å². The smallest absolute Gasteiger partial charge is 0.185 e. The molecule has 0 aliphatic carbocycles. The maximum Gasteiger partial charge on any atom is 0.185 e. The minimum Gasteiger partial charge on any atom is -0.508 e. The molecule has 0 aromatic heterocycles. The number of aliphatic hydroxyl groups excluding tert-OH is 3. The van der Waals surface area contributed by atoms with Gasteiger partial charge in [-0.1, -0.05) is 12.5 Å². The molecule has 3 rings (SSSR count). The van der Waals surface area contributed by atoms with Crippen molar-refractivity contribution in [3.05, 3.63) is 41.5 Å². The molecule has 8 atom stereocenters. The molecule has 0 radical (unpaired) electrons. The van der Waals surface area contributed by atoms with Gasteiger partial charge in [-0.15, -0.1) is 0 Å². The number of hydrogen-bond donors (Lipinski definition) is 4. The third-order valence-corrected chi connectivity index (χ3v) is 6.23. The Morgan fingerprint density at radius 2 is 1.83 bits per heavy atom. The van der Waals surface area contributed by atoms with Gasteiger partial charge in [0.25, 0.3) is 0 Å².